The van der Waals surface area contributed by atoms with Crippen molar-refractivity contribution in [2.75, 3.05) is 13.2 Å². The minimum Gasteiger partial charge on any atom is -0.465 e. The first kappa shape index (κ1) is 32.4. The molecule has 4 nitrogen and oxygen atoms in total. The van der Waals surface area contributed by atoms with Gasteiger partial charge in [-0.2, -0.15) is 0 Å². The Morgan fingerprint density at radius 1 is 0.830 bits per heavy atom. The van der Waals surface area contributed by atoms with E-state index in [9.17, 15) is 13.6 Å². The summed E-state index contributed by atoms with van der Waals surface area (Å²) < 4.78 is 37.0. The Kier molecular flexibility index (Phi) is 9.69. The summed E-state index contributed by atoms with van der Waals surface area (Å²) in [6.07, 6.45) is 3.76. The van der Waals surface area contributed by atoms with Crippen molar-refractivity contribution in [3.05, 3.63) is 143 Å². The number of fused-ring (bicyclic) bond motifs is 3. The fraction of sp³-hybridized carbons (Fsp3) is 0.293. The van der Waals surface area contributed by atoms with Gasteiger partial charge in [0.25, 0.3) is 0 Å². The molecular weight excluding hydrogens is 590 g/mol. The third kappa shape index (κ3) is 7.39. The van der Waals surface area contributed by atoms with E-state index < -0.39 is 11.6 Å². The highest BCUT2D eigenvalue weighted by Crippen LogP contribution is 2.44. The van der Waals surface area contributed by atoms with Crippen LogP contribution in [0.1, 0.15) is 74.4 Å². The molecule has 1 N–H and O–H groups in total. The monoisotopic (exact) mass is 632 g/mol. The molecule has 0 radical (unpaired) electrons. The highest BCUT2D eigenvalue weighted by Gasteiger charge is 2.30. The highest BCUT2D eigenvalue weighted by molar-refractivity contribution is 5.79. The summed E-state index contributed by atoms with van der Waals surface area (Å²) in [6.45, 7) is 8.14. The lowest BCUT2D eigenvalue weighted by molar-refractivity contribution is -0.144. The Morgan fingerprint density at radius 3 is 2.17 bits per heavy atom. The molecule has 1 aliphatic carbocycles. The number of nitrogens with zero attached hydrogens (tertiary/aromatic N) is 1. The minimum atomic E-state index is -0.472. The number of unbranched alkanes of at least 4 members (excludes halogenated alkanes) is 1. The van der Waals surface area contributed by atoms with Gasteiger partial charge >= 0.3 is 5.97 Å². The van der Waals surface area contributed by atoms with Gasteiger partial charge in [-0.15, -0.1) is 0 Å². The Morgan fingerprint density at radius 2 is 1.49 bits per heavy atom. The molecule has 47 heavy (non-hydrogen) atoms. The van der Waals surface area contributed by atoms with Crippen molar-refractivity contribution in [3.63, 3.8) is 0 Å². The lowest BCUT2D eigenvalue weighted by Gasteiger charge is -2.33. The van der Waals surface area contributed by atoms with Crippen molar-refractivity contribution in [1.82, 2.24) is 9.88 Å². The van der Waals surface area contributed by atoms with Gasteiger partial charge in [0.15, 0.2) is 0 Å². The number of esters is 1. The standard InChI is InChI=1S/C41H42F2N2O2/c1-41(2,3)40(38-23-29(35-24-30(42)20-21-37(35)43)26-45(38)25-28-13-5-4-6-14-28)44-22-12-11-19-39(46)47-27-36-33-17-9-7-15-31(33)32-16-8-10-18-34(32)36/h4-10,13-18,20-21,23-24,26,36,40,44H,11-12,19,22,25,27H2,1-3H3/t40-/m0/s1. The van der Waals surface area contributed by atoms with E-state index in [0.29, 0.717) is 38.1 Å². The lowest BCUT2D eigenvalue weighted by Crippen LogP contribution is -2.34. The van der Waals surface area contributed by atoms with E-state index in [1.807, 2.05) is 54.7 Å². The number of carbonyl (C=O) groups excluding carboxylic acids is 1. The molecule has 242 valence electrons. The van der Waals surface area contributed by atoms with Gasteiger partial charge in [0.2, 0.25) is 0 Å². The summed E-state index contributed by atoms with van der Waals surface area (Å²) in [5, 5.41) is 3.72. The SMILES string of the molecule is CC(C)(C)[C@@H](NCCCCC(=O)OCC1c2ccccc2-c2ccccc21)c1cc(-c2cc(F)ccc2F)cn1Cc1ccccc1. The average Bonchev–Trinajstić information content (AvgIpc) is 3.61. The van der Waals surface area contributed by atoms with E-state index in [0.717, 1.165) is 23.7 Å². The van der Waals surface area contributed by atoms with Crippen LogP contribution in [0, 0.1) is 17.0 Å². The van der Waals surface area contributed by atoms with E-state index in [1.165, 1.54) is 34.4 Å². The molecule has 6 rings (SSSR count). The Balaban J connectivity index is 1.09. The number of halogens is 2. The zero-order chi connectivity index (χ0) is 33.0. The molecule has 1 aromatic heterocycles. The van der Waals surface area contributed by atoms with Gasteiger partial charge in [-0.1, -0.05) is 99.6 Å². The van der Waals surface area contributed by atoms with E-state index in [1.54, 1.807) is 0 Å². The number of ether oxygens (including phenoxy) is 1. The van der Waals surface area contributed by atoms with Crippen molar-refractivity contribution >= 4 is 5.97 Å². The molecule has 0 saturated heterocycles. The lowest BCUT2D eigenvalue weighted by atomic mass is 9.84. The summed E-state index contributed by atoms with van der Waals surface area (Å²) >= 11 is 0. The zero-order valence-corrected chi connectivity index (χ0v) is 27.3. The molecule has 6 heteroatoms. The van der Waals surface area contributed by atoms with Crippen molar-refractivity contribution in [1.29, 1.82) is 0 Å². The van der Waals surface area contributed by atoms with Crippen molar-refractivity contribution < 1.29 is 18.3 Å². The number of rotatable bonds is 12. The van der Waals surface area contributed by atoms with Crippen LogP contribution in [0.15, 0.2) is 109 Å². The van der Waals surface area contributed by atoms with Gasteiger partial charge in [-0.05, 0) is 76.9 Å². The van der Waals surface area contributed by atoms with Gasteiger partial charge in [-0.25, -0.2) is 8.78 Å². The fourth-order valence-electron chi connectivity index (χ4n) is 6.74. The number of nitrogens with one attached hydrogen (secondary N) is 1. The minimum absolute atomic E-state index is 0.0541. The molecule has 0 unspecified atom stereocenters. The fourth-order valence-corrected chi connectivity index (χ4v) is 6.74. The summed E-state index contributed by atoms with van der Waals surface area (Å²) in [5.74, 6) is -1.06. The van der Waals surface area contributed by atoms with Crippen LogP contribution in [-0.2, 0) is 16.1 Å². The molecule has 1 aliphatic rings. The second-order valence-corrected chi connectivity index (χ2v) is 13.5. The maximum atomic E-state index is 14.9. The summed E-state index contributed by atoms with van der Waals surface area (Å²) in [7, 11) is 0. The van der Waals surface area contributed by atoms with Gasteiger partial charge in [0, 0.05) is 41.9 Å². The smallest absolute Gasteiger partial charge is 0.305 e. The third-order valence-electron chi connectivity index (χ3n) is 9.06. The molecule has 0 spiro atoms. The first-order chi connectivity index (χ1) is 22.7. The van der Waals surface area contributed by atoms with E-state index >= 15 is 0 Å². The van der Waals surface area contributed by atoms with Gasteiger partial charge in [0.1, 0.15) is 18.2 Å². The molecule has 0 aliphatic heterocycles. The van der Waals surface area contributed by atoms with Gasteiger partial charge in [0.05, 0.1) is 6.04 Å². The zero-order valence-electron chi connectivity index (χ0n) is 27.3. The van der Waals surface area contributed by atoms with Crippen LogP contribution in [0.2, 0.25) is 0 Å². The number of aromatic nitrogens is 1. The van der Waals surface area contributed by atoms with Crippen molar-refractivity contribution in [2.45, 2.75) is 58.5 Å². The second-order valence-electron chi connectivity index (χ2n) is 13.5. The molecule has 4 aromatic carbocycles. The molecule has 0 fully saturated rings. The largest absolute Gasteiger partial charge is 0.465 e. The number of hydrogen-bond donors (Lipinski definition) is 1. The summed E-state index contributed by atoms with van der Waals surface area (Å²) in [6, 6.07) is 32.3. The molecule has 5 aromatic rings. The van der Waals surface area contributed by atoms with E-state index in [2.05, 4.69) is 67.1 Å². The first-order valence-corrected chi connectivity index (χ1v) is 16.5. The molecule has 1 atom stereocenters. The summed E-state index contributed by atoms with van der Waals surface area (Å²) in [4.78, 5) is 12.8. The average molecular weight is 633 g/mol. The van der Waals surface area contributed by atoms with Crippen LogP contribution in [0.25, 0.3) is 22.3 Å². The van der Waals surface area contributed by atoms with E-state index in [4.69, 9.17) is 4.74 Å². The molecule has 0 saturated carbocycles. The predicted octanol–water partition coefficient (Wildman–Crippen LogP) is 9.68. The van der Waals surface area contributed by atoms with Crippen LogP contribution in [0.5, 0.6) is 0 Å². The number of carbonyl (C=O) groups is 1. The van der Waals surface area contributed by atoms with Crippen molar-refractivity contribution in [2.24, 2.45) is 5.41 Å². The van der Waals surface area contributed by atoms with Gasteiger partial charge in [-0.3, -0.25) is 4.79 Å². The quantitative estimate of drug-likeness (QED) is 0.110. The van der Waals surface area contributed by atoms with Crippen LogP contribution < -0.4 is 5.32 Å². The van der Waals surface area contributed by atoms with E-state index in [-0.39, 0.29) is 28.9 Å². The Bertz CT molecular complexity index is 1790. The Hall–Kier alpha value is -4.55. The normalized spacial score (nSPS) is 13.3. The molecule has 1 heterocycles. The predicted molar refractivity (Wildman–Crippen MR) is 184 cm³/mol. The molecular formula is C41H42F2N2O2. The van der Waals surface area contributed by atoms with Crippen LogP contribution in [0.3, 0.4) is 0 Å². The topological polar surface area (TPSA) is 43.3 Å². The van der Waals surface area contributed by atoms with Crippen molar-refractivity contribution in [3.8, 4) is 22.3 Å². The number of hydrogen-bond acceptors (Lipinski definition) is 3. The molecule has 0 amide bonds. The van der Waals surface area contributed by atoms with Crippen LogP contribution in [0.4, 0.5) is 8.78 Å². The molecule has 0 bridgehead atoms. The summed E-state index contributed by atoms with van der Waals surface area (Å²) in [5.41, 5.74) is 7.66. The third-order valence-corrected chi connectivity index (χ3v) is 9.06. The van der Waals surface area contributed by atoms with Crippen LogP contribution >= 0.6 is 0 Å². The Labute approximate surface area is 276 Å². The van der Waals surface area contributed by atoms with Gasteiger partial charge < -0.3 is 14.6 Å². The van der Waals surface area contributed by atoms with Crippen LogP contribution in [-0.4, -0.2) is 23.7 Å². The highest BCUT2D eigenvalue weighted by atomic mass is 19.1. The first-order valence-electron chi connectivity index (χ1n) is 16.5. The maximum absolute atomic E-state index is 14.9. The maximum Gasteiger partial charge on any atom is 0.305 e. The second kappa shape index (κ2) is 14.1. The number of benzene rings is 4.